The van der Waals surface area contributed by atoms with Crippen molar-refractivity contribution in [2.45, 2.75) is 85.2 Å². The second kappa shape index (κ2) is 12.6. The van der Waals surface area contributed by atoms with E-state index in [4.69, 9.17) is 0 Å². The van der Waals surface area contributed by atoms with Crippen LogP contribution in [0.5, 0.6) is 0 Å². The number of unbranched alkanes of at least 4 members (excludes halogenated alkanes) is 4. The maximum Gasteiger partial charge on any atom is 0.317 e. The third kappa shape index (κ3) is 7.68. The van der Waals surface area contributed by atoms with Crippen molar-refractivity contribution in [2.24, 2.45) is 5.92 Å². The molecule has 0 radical (unpaired) electrons. The van der Waals surface area contributed by atoms with Crippen LogP contribution in [0.15, 0.2) is 0 Å². The normalized spacial score (nSPS) is 18.1. The summed E-state index contributed by atoms with van der Waals surface area (Å²) in [5.41, 5.74) is 0. The number of amides is 4. The number of carbonyl (C=O) groups is 3. The molecule has 1 aliphatic heterocycles. The Labute approximate surface area is 170 Å². The molecular weight excluding hydrogens is 356 g/mol. The number of hydrogen-bond donors (Lipinski definition) is 2. The second-order valence-electron chi connectivity index (χ2n) is 8.12. The van der Waals surface area contributed by atoms with Gasteiger partial charge in [0.15, 0.2) is 0 Å². The smallest absolute Gasteiger partial charge is 0.317 e. The van der Waals surface area contributed by atoms with Crippen LogP contribution in [0.25, 0.3) is 0 Å². The second-order valence-corrected chi connectivity index (χ2v) is 8.12. The Morgan fingerprint density at radius 2 is 1.71 bits per heavy atom. The van der Waals surface area contributed by atoms with Crippen LogP contribution >= 0.6 is 0 Å². The van der Waals surface area contributed by atoms with Crippen LogP contribution in [0, 0.1) is 5.92 Å². The van der Waals surface area contributed by atoms with Gasteiger partial charge in [-0.05, 0) is 26.2 Å². The molecule has 28 heavy (non-hydrogen) atoms. The maximum atomic E-state index is 13.0. The van der Waals surface area contributed by atoms with Crippen molar-refractivity contribution in [3.8, 4) is 0 Å². The largest absolute Gasteiger partial charge is 0.344 e. The lowest BCUT2D eigenvalue weighted by Crippen LogP contribution is -2.61. The number of urea groups is 1. The fourth-order valence-corrected chi connectivity index (χ4v) is 3.56. The first kappa shape index (κ1) is 24.2. The molecule has 1 saturated heterocycles. The molecule has 1 rings (SSSR count). The summed E-state index contributed by atoms with van der Waals surface area (Å²) < 4.78 is 0. The van der Waals surface area contributed by atoms with E-state index in [1.807, 2.05) is 27.7 Å². The van der Waals surface area contributed by atoms with E-state index in [2.05, 4.69) is 17.6 Å². The van der Waals surface area contributed by atoms with Crippen molar-refractivity contribution in [3.63, 3.8) is 0 Å². The zero-order valence-electron chi connectivity index (χ0n) is 18.4. The summed E-state index contributed by atoms with van der Waals surface area (Å²) in [6, 6.07) is -0.642. The predicted octanol–water partition coefficient (Wildman–Crippen LogP) is 2.75. The van der Waals surface area contributed by atoms with Crippen LogP contribution in [0.2, 0.25) is 0 Å². The number of hydrogen-bond acceptors (Lipinski definition) is 3. The third-order valence-electron chi connectivity index (χ3n) is 5.28. The molecule has 0 spiro atoms. The van der Waals surface area contributed by atoms with Crippen molar-refractivity contribution >= 4 is 17.8 Å². The summed E-state index contributed by atoms with van der Waals surface area (Å²) >= 11 is 0. The van der Waals surface area contributed by atoms with E-state index in [0.29, 0.717) is 32.6 Å². The van der Waals surface area contributed by atoms with E-state index in [9.17, 15) is 14.4 Å². The molecule has 2 unspecified atom stereocenters. The zero-order chi connectivity index (χ0) is 21.1. The Bertz CT molecular complexity index is 510. The topological polar surface area (TPSA) is 81.8 Å². The Morgan fingerprint density at radius 1 is 1.04 bits per heavy atom. The molecule has 2 atom stereocenters. The number of nitrogens with zero attached hydrogens (tertiary/aromatic N) is 2. The molecule has 0 aromatic heterocycles. The predicted molar refractivity (Wildman–Crippen MR) is 112 cm³/mol. The number of carbonyl (C=O) groups excluding carboxylic acids is 3. The van der Waals surface area contributed by atoms with Crippen molar-refractivity contribution in [3.05, 3.63) is 0 Å². The number of nitrogens with one attached hydrogen (secondary N) is 2. The fraction of sp³-hybridized carbons (Fsp3) is 0.857. The fourth-order valence-electron chi connectivity index (χ4n) is 3.56. The van der Waals surface area contributed by atoms with E-state index < -0.39 is 6.04 Å². The van der Waals surface area contributed by atoms with Crippen molar-refractivity contribution in [2.75, 3.05) is 26.2 Å². The zero-order valence-corrected chi connectivity index (χ0v) is 18.4. The first-order valence-corrected chi connectivity index (χ1v) is 10.9. The van der Waals surface area contributed by atoms with Gasteiger partial charge in [-0.25, -0.2) is 4.79 Å². The molecule has 0 aromatic carbocycles. The van der Waals surface area contributed by atoms with E-state index in [-0.39, 0.29) is 29.8 Å². The standard InChI is InChI=1S/C21H40N4O3/c1-6-8-9-10-11-12-18(26)23-19(16(3)4)20(27)24-13-14-25(17(5)15-24)21(28)22-7-2/h16-17,19H,6-15H2,1-5H3,(H,22,28)(H,23,26). The van der Waals surface area contributed by atoms with Crippen LogP contribution in [0.1, 0.15) is 73.1 Å². The van der Waals surface area contributed by atoms with Crippen molar-refractivity contribution < 1.29 is 14.4 Å². The molecule has 0 saturated carbocycles. The molecule has 2 N–H and O–H groups in total. The summed E-state index contributed by atoms with van der Waals surface area (Å²) in [5, 5.41) is 5.77. The highest BCUT2D eigenvalue weighted by Crippen LogP contribution is 2.14. The molecule has 162 valence electrons. The van der Waals surface area contributed by atoms with Crippen molar-refractivity contribution in [1.29, 1.82) is 0 Å². The highest BCUT2D eigenvalue weighted by atomic mass is 16.2. The van der Waals surface area contributed by atoms with Crippen LogP contribution in [0.4, 0.5) is 4.79 Å². The van der Waals surface area contributed by atoms with Gasteiger partial charge in [-0.3, -0.25) is 9.59 Å². The molecular formula is C21H40N4O3. The lowest BCUT2D eigenvalue weighted by molar-refractivity contribution is -0.139. The minimum Gasteiger partial charge on any atom is -0.344 e. The molecule has 7 heteroatoms. The molecule has 0 aliphatic carbocycles. The van der Waals surface area contributed by atoms with Crippen LogP contribution in [-0.2, 0) is 9.59 Å². The molecule has 7 nitrogen and oxygen atoms in total. The summed E-state index contributed by atoms with van der Waals surface area (Å²) in [6.45, 7) is 12.0. The monoisotopic (exact) mass is 396 g/mol. The van der Waals surface area contributed by atoms with Gasteiger partial charge in [0.05, 0.1) is 0 Å². The Kier molecular flexibility index (Phi) is 10.9. The lowest BCUT2D eigenvalue weighted by atomic mass is 10.0. The molecule has 4 amide bonds. The maximum absolute atomic E-state index is 13.0. The number of rotatable bonds is 10. The van der Waals surface area contributed by atoms with Gasteiger partial charge in [0.1, 0.15) is 6.04 Å². The summed E-state index contributed by atoms with van der Waals surface area (Å²) in [7, 11) is 0. The van der Waals surface area contributed by atoms with Crippen LogP contribution < -0.4 is 10.6 Å². The molecule has 1 heterocycles. The molecule has 1 aliphatic rings. The van der Waals surface area contributed by atoms with Gasteiger partial charge in [-0.2, -0.15) is 0 Å². The van der Waals surface area contributed by atoms with Gasteiger partial charge >= 0.3 is 6.03 Å². The van der Waals surface area contributed by atoms with Gasteiger partial charge in [0.25, 0.3) is 0 Å². The Balaban J connectivity index is 2.56. The van der Waals surface area contributed by atoms with Crippen molar-refractivity contribution in [1.82, 2.24) is 20.4 Å². The van der Waals surface area contributed by atoms with E-state index in [0.717, 1.165) is 19.3 Å². The quantitative estimate of drug-likeness (QED) is 0.557. The summed E-state index contributed by atoms with van der Waals surface area (Å²) in [4.78, 5) is 41.0. The van der Waals surface area contributed by atoms with E-state index >= 15 is 0 Å². The first-order valence-electron chi connectivity index (χ1n) is 10.9. The van der Waals surface area contributed by atoms with Gasteiger partial charge in [0.2, 0.25) is 11.8 Å². The Morgan fingerprint density at radius 3 is 2.29 bits per heavy atom. The minimum atomic E-state index is -0.508. The minimum absolute atomic E-state index is 0.0215. The SMILES string of the molecule is CCCCCCCC(=O)NC(C(=O)N1CCN(C(=O)NCC)C(C)C1)C(C)C. The van der Waals surface area contributed by atoms with Gasteiger partial charge in [0, 0.05) is 38.6 Å². The van der Waals surface area contributed by atoms with Gasteiger partial charge in [-0.15, -0.1) is 0 Å². The van der Waals surface area contributed by atoms with Gasteiger partial charge < -0.3 is 20.4 Å². The third-order valence-corrected chi connectivity index (χ3v) is 5.28. The first-order chi connectivity index (χ1) is 13.3. The average molecular weight is 397 g/mol. The summed E-state index contributed by atoms with van der Waals surface area (Å²) in [6.07, 6.45) is 5.94. The Hall–Kier alpha value is -1.79. The van der Waals surface area contributed by atoms with Crippen LogP contribution in [-0.4, -0.2) is 65.9 Å². The highest BCUT2D eigenvalue weighted by Gasteiger charge is 2.34. The highest BCUT2D eigenvalue weighted by molar-refractivity contribution is 5.88. The lowest BCUT2D eigenvalue weighted by Gasteiger charge is -2.41. The molecule has 1 fully saturated rings. The summed E-state index contributed by atoms with van der Waals surface area (Å²) in [5.74, 6) is -0.0671. The van der Waals surface area contributed by atoms with E-state index in [1.165, 1.54) is 12.8 Å². The van der Waals surface area contributed by atoms with Gasteiger partial charge in [-0.1, -0.05) is 46.5 Å². The average Bonchev–Trinajstić information content (AvgIpc) is 2.65. The molecule has 0 bridgehead atoms. The number of piperazine rings is 1. The molecule has 0 aromatic rings. The van der Waals surface area contributed by atoms with Crippen LogP contribution in [0.3, 0.4) is 0 Å². The van der Waals surface area contributed by atoms with E-state index in [1.54, 1.807) is 9.80 Å².